The third-order valence-electron chi connectivity index (χ3n) is 2.50. The van der Waals surface area contributed by atoms with Gasteiger partial charge in [-0.25, -0.2) is 0 Å². The van der Waals surface area contributed by atoms with Crippen molar-refractivity contribution >= 4 is 23.1 Å². The number of hydrogen-bond acceptors (Lipinski definition) is 2. The summed E-state index contributed by atoms with van der Waals surface area (Å²) < 4.78 is 0. The lowest BCUT2D eigenvalue weighted by Gasteiger charge is -2.25. The second kappa shape index (κ2) is 8.45. The van der Waals surface area contributed by atoms with Crippen LogP contribution in [0, 0.1) is 11.8 Å². The molecule has 0 spiro atoms. The molecule has 0 fully saturated rings. The molecule has 0 saturated heterocycles. The molecule has 0 atom stereocenters. The fourth-order valence-corrected chi connectivity index (χ4v) is 1.67. The molecule has 4 heteroatoms. The van der Waals surface area contributed by atoms with Crippen molar-refractivity contribution in [1.82, 2.24) is 4.90 Å². The van der Waals surface area contributed by atoms with Crippen LogP contribution in [0.4, 0.5) is 0 Å². The summed E-state index contributed by atoms with van der Waals surface area (Å²) in [5.41, 5.74) is 5.49. The number of hydrogen-bond donors (Lipinski definition) is 1. The monoisotopic (exact) mass is 258 g/mol. The number of carbonyl (C=O) groups excluding carboxylic acids is 1. The normalized spacial score (nSPS) is 10.9. The second-order valence-corrected chi connectivity index (χ2v) is 5.91. The Morgan fingerprint density at radius 2 is 1.76 bits per heavy atom. The van der Waals surface area contributed by atoms with Gasteiger partial charge in [-0.2, -0.15) is 0 Å². The largest absolute Gasteiger partial charge is 0.393 e. The summed E-state index contributed by atoms with van der Waals surface area (Å²) in [6, 6.07) is 0. The molecule has 2 N–H and O–H groups in total. The highest BCUT2D eigenvalue weighted by molar-refractivity contribution is 7.80. The van der Waals surface area contributed by atoms with E-state index in [4.69, 9.17) is 18.0 Å². The van der Waals surface area contributed by atoms with E-state index in [9.17, 15) is 4.79 Å². The average Bonchev–Trinajstić information content (AvgIpc) is 2.19. The zero-order valence-electron chi connectivity index (χ0n) is 11.5. The van der Waals surface area contributed by atoms with Crippen molar-refractivity contribution in [3.05, 3.63) is 0 Å². The van der Waals surface area contributed by atoms with Gasteiger partial charge in [0.15, 0.2) is 0 Å². The van der Waals surface area contributed by atoms with E-state index < -0.39 is 0 Å². The van der Waals surface area contributed by atoms with Crippen molar-refractivity contribution in [3.63, 3.8) is 0 Å². The van der Waals surface area contributed by atoms with Gasteiger partial charge >= 0.3 is 0 Å². The van der Waals surface area contributed by atoms with Gasteiger partial charge < -0.3 is 10.6 Å². The zero-order chi connectivity index (χ0) is 13.4. The Bertz CT molecular complexity index is 252. The maximum Gasteiger partial charge on any atom is 0.222 e. The van der Waals surface area contributed by atoms with Crippen LogP contribution in [0.15, 0.2) is 0 Å². The minimum absolute atomic E-state index is 0.226. The number of thiocarbonyl (C=S) groups is 1. The molecule has 3 nitrogen and oxygen atoms in total. The molecule has 0 aliphatic carbocycles. The smallest absolute Gasteiger partial charge is 0.222 e. The highest BCUT2D eigenvalue weighted by Gasteiger charge is 2.15. The third-order valence-corrected chi connectivity index (χ3v) is 2.71. The minimum Gasteiger partial charge on any atom is -0.393 e. The number of amides is 1. The second-order valence-electron chi connectivity index (χ2n) is 5.38. The van der Waals surface area contributed by atoms with Crippen LogP contribution in [0.2, 0.25) is 0 Å². The van der Waals surface area contributed by atoms with Gasteiger partial charge in [0, 0.05) is 25.9 Å². The number of nitrogens with zero attached hydrogens (tertiary/aromatic N) is 1. The summed E-state index contributed by atoms with van der Waals surface area (Å²) in [6.07, 6.45) is 2.19. The van der Waals surface area contributed by atoms with Crippen molar-refractivity contribution in [3.8, 4) is 0 Å². The Morgan fingerprint density at radius 1 is 1.18 bits per heavy atom. The number of nitrogens with two attached hydrogens (primary N) is 1. The predicted molar refractivity (Wildman–Crippen MR) is 76.9 cm³/mol. The summed E-state index contributed by atoms with van der Waals surface area (Å²) in [5, 5.41) is 0. The lowest BCUT2D eigenvalue weighted by molar-refractivity contribution is -0.131. The van der Waals surface area contributed by atoms with E-state index in [1.807, 2.05) is 4.90 Å². The standard InChI is InChI=1S/C13H26N2OS/c1-10(2)5-6-13(16)15(9-11(3)4)8-7-12(14)17/h10-11H,5-9H2,1-4H3,(H2,14,17). The van der Waals surface area contributed by atoms with Crippen LogP contribution in [-0.4, -0.2) is 28.9 Å². The lowest BCUT2D eigenvalue weighted by atomic mass is 10.1. The molecule has 0 heterocycles. The van der Waals surface area contributed by atoms with E-state index in [0.717, 1.165) is 13.0 Å². The van der Waals surface area contributed by atoms with Gasteiger partial charge in [-0.15, -0.1) is 0 Å². The van der Waals surface area contributed by atoms with E-state index >= 15 is 0 Å². The first kappa shape index (κ1) is 16.4. The zero-order valence-corrected chi connectivity index (χ0v) is 12.3. The first-order chi connectivity index (χ1) is 7.82. The Morgan fingerprint density at radius 3 is 2.18 bits per heavy atom. The van der Waals surface area contributed by atoms with E-state index in [2.05, 4.69) is 27.7 Å². The first-order valence-corrected chi connectivity index (χ1v) is 6.79. The molecule has 0 aliphatic heterocycles. The highest BCUT2D eigenvalue weighted by Crippen LogP contribution is 2.09. The number of rotatable bonds is 8. The summed E-state index contributed by atoms with van der Waals surface area (Å²) in [7, 11) is 0. The van der Waals surface area contributed by atoms with E-state index in [1.54, 1.807) is 0 Å². The molecule has 1 amide bonds. The SMILES string of the molecule is CC(C)CCC(=O)N(CCC(N)=S)CC(C)C. The molecule has 0 unspecified atom stereocenters. The average molecular weight is 258 g/mol. The molecule has 100 valence electrons. The first-order valence-electron chi connectivity index (χ1n) is 6.39. The van der Waals surface area contributed by atoms with Crippen molar-refractivity contribution in [1.29, 1.82) is 0 Å². The van der Waals surface area contributed by atoms with Crippen molar-refractivity contribution in [2.24, 2.45) is 17.6 Å². The molecule has 0 saturated carbocycles. The van der Waals surface area contributed by atoms with Crippen LogP contribution in [0.25, 0.3) is 0 Å². The molecule has 0 aliphatic rings. The summed E-state index contributed by atoms with van der Waals surface area (Å²) in [5.74, 6) is 1.27. The topological polar surface area (TPSA) is 46.3 Å². The maximum atomic E-state index is 12.0. The van der Waals surface area contributed by atoms with Crippen LogP contribution >= 0.6 is 12.2 Å². The lowest BCUT2D eigenvalue weighted by Crippen LogP contribution is -2.36. The molecule has 0 bridgehead atoms. The molecule has 0 aromatic rings. The molecular formula is C13H26N2OS. The van der Waals surface area contributed by atoms with Crippen molar-refractivity contribution in [2.75, 3.05) is 13.1 Å². The van der Waals surface area contributed by atoms with Crippen LogP contribution in [0.5, 0.6) is 0 Å². The van der Waals surface area contributed by atoms with Gasteiger partial charge in [0.2, 0.25) is 5.91 Å². The van der Waals surface area contributed by atoms with Crippen LogP contribution in [0.1, 0.15) is 47.0 Å². The van der Waals surface area contributed by atoms with Gasteiger partial charge in [-0.05, 0) is 18.3 Å². The van der Waals surface area contributed by atoms with E-state index in [-0.39, 0.29) is 5.91 Å². The van der Waals surface area contributed by atoms with Gasteiger partial charge in [-0.1, -0.05) is 39.9 Å². The van der Waals surface area contributed by atoms with Gasteiger partial charge in [0.05, 0.1) is 4.99 Å². The molecular weight excluding hydrogens is 232 g/mol. The van der Waals surface area contributed by atoms with Gasteiger partial charge in [0.1, 0.15) is 0 Å². The van der Waals surface area contributed by atoms with Crippen LogP contribution in [0.3, 0.4) is 0 Å². The molecule has 0 aromatic heterocycles. The summed E-state index contributed by atoms with van der Waals surface area (Å²) >= 11 is 4.86. The summed E-state index contributed by atoms with van der Waals surface area (Å²) in [6.45, 7) is 9.95. The minimum atomic E-state index is 0.226. The molecule has 17 heavy (non-hydrogen) atoms. The predicted octanol–water partition coefficient (Wildman–Crippen LogP) is 2.58. The Hall–Kier alpha value is -0.640. The van der Waals surface area contributed by atoms with Gasteiger partial charge in [-0.3, -0.25) is 4.79 Å². The Kier molecular flexibility index (Phi) is 8.13. The fourth-order valence-electron chi connectivity index (χ4n) is 1.57. The fraction of sp³-hybridized carbons (Fsp3) is 0.846. The Balaban J connectivity index is 4.24. The highest BCUT2D eigenvalue weighted by atomic mass is 32.1. The van der Waals surface area contributed by atoms with Crippen molar-refractivity contribution in [2.45, 2.75) is 47.0 Å². The summed E-state index contributed by atoms with van der Waals surface area (Å²) in [4.78, 5) is 14.4. The molecule has 0 radical (unpaired) electrons. The maximum absolute atomic E-state index is 12.0. The van der Waals surface area contributed by atoms with Crippen molar-refractivity contribution < 1.29 is 4.79 Å². The third kappa shape index (κ3) is 9.10. The quantitative estimate of drug-likeness (QED) is 0.681. The van der Waals surface area contributed by atoms with E-state index in [0.29, 0.717) is 36.2 Å². The molecule has 0 rings (SSSR count). The number of carbonyl (C=O) groups is 1. The Labute approximate surface area is 111 Å². The van der Waals surface area contributed by atoms with E-state index in [1.165, 1.54) is 0 Å². The molecule has 0 aromatic carbocycles. The van der Waals surface area contributed by atoms with Crippen LogP contribution in [-0.2, 0) is 4.79 Å². The van der Waals surface area contributed by atoms with Gasteiger partial charge in [0.25, 0.3) is 0 Å². The van der Waals surface area contributed by atoms with Crippen LogP contribution < -0.4 is 5.73 Å².